The van der Waals surface area contributed by atoms with E-state index >= 15 is 0 Å². The number of hydrogen-bond acceptors (Lipinski definition) is 12. The summed E-state index contributed by atoms with van der Waals surface area (Å²) in [6.45, 7) is 9.05. The highest BCUT2D eigenvalue weighted by Crippen LogP contribution is 2.60. The van der Waals surface area contributed by atoms with Gasteiger partial charge in [-0.2, -0.15) is 0 Å². The third-order valence-electron chi connectivity index (χ3n) is 15.0. The van der Waals surface area contributed by atoms with Crippen LogP contribution in [0.25, 0.3) is 0 Å². The van der Waals surface area contributed by atoms with E-state index in [1.54, 1.807) is 7.11 Å². The summed E-state index contributed by atoms with van der Waals surface area (Å²) < 4.78 is 53.1. The first-order valence-corrected chi connectivity index (χ1v) is 20.8. The van der Waals surface area contributed by atoms with Crippen molar-refractivity contribution in [1.29, 1.82) is 0 Å². The van der Waals surface area contributed by atoms with Gasteiger partial charge >= 0.3 is 0 Å². The van der Waals surface area contributed by atoms with Gasteiger partial charge in [0.25, 0.3) is 0 Å². The lowest BCUT2D eigenvalue weighted by Crippen LogP contribution is -2.59. The fourth-order valence-electron chi connectivity index (χ4n) is 12.2. The number of fused-ring (bicyclic) bond motifs is 6. The maximum Gasteiger partial charge on any atom is 0.135 e. The number of rotatable bonds is 4. The monoisotopic (exact) mass is 746 g/mol. The molecule has 0 aromatic rings. The van der Waals surface area contributed by atoms with Crippen molar-refractivity contribution in [3.63, 3.8) is 0 Å². The van der Waals surface area contributed by atoms with E-state index in [-0.39, 0.29) is 105 Å². The van der Waals surface area contributed by atoms with Gasteiger partial charge in [-0.15, -0.1) is 0 Å². The van der Waals surface area contributed by atoms with Crippen LogP contribution in [-0.4, -0.2) is 139 Å². The molecule has 1 spiro atoms. The Morgan fingerprint density at radius 2 is 1.66 bits per heavy atom. The summed E-state index contributed by atoms with van der Waals surface area (Å²) in [7, 11) is 1.63. The van der Waals surface area contributed by atoms with E-state index in [0.717, 1.165) is 37.7 Å². The lowest BCUT2D eigenvalue weighted by Gasteiger charge is -2.49. The van der Waals surface area contributed by atoms with Crippen LogP contribution in [0.3, 0.4) is 0 Å². The van der Waals surface area contributed by atoms with Crippen LogP contribution in [-0.2, 0) is 42.7 Å². The van der Waals surface area contributed by atoms with E-state index < -0.39 is 36.1 Å². The minimum atomic E-state index is -0.948. The predicted molar refractivity (Wildman–Crippen MR) is 189 cm³/mol. The quantitative estimate of drug-likeness (QED) is 0.363. The molecule has 7 unspecified atom stereocenters. The lowest BCUT2D eigenvalue weighted by atomic mass is 9.81. The molecule has 10 aliphatic rings. The van der Waals surface area contributed by atoms with Gasteiger partial charge < -0.3 is 53.2 Å². The second-order valence-electron chi connectivity index (χ2n) is 18.4. The van der Waals surface area contributed by atoms with Gasteiger partial charge in [0.1, 0.15) is 18.0 Å². The summed E-state index contributed by atoms with van der Waals surface area (Å²) in [4.78, 5) is 14.0. The van der Waals surface area contributed by atoms with Crippen LogP contribution in [0.1, 0.15) is 90.9 Å². The summed E-state index contributed by atoms with van der Waals surface area (Å²) in [5, 5.41) is 31.4. The molecule has 1 saturated carbocycles. The largest absolute Gasteiger partial charge is 0.394 e. The molecule has 12 heteroatoms. The number of ether oxygens (including phenoxy) is 8. The molecule has 1 aliphatic carbocycles. The van der Waals surface area contributed by atoms with Crippen LogP contribution < -0.4 is 0 Å². The fraction of sp³-hybridized carbons (Fsp3) is 0.927. The van der Waals surface area contributed by atoms with Crippen molar-refractivity contribution in [2.75, 3.05) is 20.3 Å². The standard InChI is InChI=1S/C41H62O12/c1-19-9-24-5-7-29-21(3)36-27(38(36)52-29)15-41-16-28(45)39(53-41)35-14-33(47-18-41)40-30(50-35)8-6-25(49-40)10-22(43)11-26-32(13-31(48-24)20(19)2)51-34(37(26)46-4)12-23(44)17-42/h19,21,23-40,42,44-45H,2,5-18H2,1,3-4H3/t19-,21?,23+,24+,25?,26+,27?,28?,29+,30+,31?,32+,33-,34?,35-,36?,37-,38+,39+,40+,41-/m1/s1. The van der Waals surface area contributed by atoms with Crippen LogP contribution >= 0.6 is 0 Å². The fourth-order valence-corrected chi connectivity index (χ4v) is 12.2. The summed E-state index contributed by atoms with van der Waals surface area (Å²) in [6, 6.07) is 0. The maximum atomic E-state index is 14.0. The molecule has 0 aromatic carbocycles. The number of ketones is 1. The molecule has 9 aliphatic heterocycles. The lowest BCUT2D eigenvalue weighted by molar-refractivity contribution is -0.283. The van der Waals surface area contributed by atoms with Gasteiger partial charge in [-0.05, 0) is 67.8 Å². The predicted octanol–water partition coefficient (Wildman–Crippen LogP) is 3.04. The number of aliphatic hydroxyl groups is 3. The first-order valence-electron chi connectivity index (χ1n) is 20.8. The Hall–Kier alpha value is -1.03. The number of hydrogen-bond donors (Lipinski definition) is 3. The SMILES string of the molecule is C=C1C2C[C@@H]3OC(C[C@H](O)CO)[C@H](OC)[C@H]3CC(=O)CC3CC[C@@H]4O[C@@H]5C[C@@H](OC[C@@]6(CC7C8C(C)[C@H](CC[C@@H](C[C@H]1C)O2)O[C@@H]78)CC(O)[C@@H]5O6)[C@H]4O3. The molecular weight excluding hydrogens is 684 g/mol. The first-order chi connectivity index (χ1) is 25.5. The van der Waals surface area contributed by atoms with Crippen LogP contribution in [0.2, 0.25) is 0 Å². The van der Waals surface area contributed by atoms with Crippen molar-refractivity contribution in [2.45, 2.75) is 188 Å². The van der Waals surface area contributed by atoms with Gasteiger partial charge in [-0.3, -0.25) is 4.79 Å². The molecule has 9 heterocycles. The zero-order chi connectivity index (χ0) is 36.8. The Bertz CT molecular complexity index is 1360. The summed E-state index contributed by atoms with van der Waals surface area (Å²) in [5.41, 5.74) is 0.464. The highest BCUT2D eigenvalue weighted by Gasteiger charge is 2.65. The molecule has 298 valence electrons. The van der Waals surface area contributed by atoms with E-state index in [4.69, 9.17) is 37.9 Å². The average Bonchev–Trinajstić information content (AvgIpc) is 3.33. The molecule has 10 fully saturated rings. The minimum absolute atomic E-state index is 0.0615. The Kier molecular flexibility index (Phi) is 10.4. The topological polar surface area (TPSA) is 152 Å². The number of aliphatic hydroxyl groups excluding tert-OH is 3. The van der Waals surface area contributed by atoms with Crippen LogP contribution in [0.5, 0.6) is 0 Å². The molecule has 21 atom stereocenters. The zero-order valence-electron chi connectivity index (χ0n) is 31.7. The van der Waals surface area contributed by atoms with Gasteiger partial charge in [0.05, 0.1) is 98.2 Å². The number of carbonyl (C=O) groups excluding carboxylic acids is 1. The van der Waals surface area contributed by atoms with Crippen molar-refractivity contribution in [2.24, 2.45) is 29.6 Å². The third-order valence-corrected chi connectivity index (χ3v) is 15.0. The molecule has 9 saturated heterocycles. The van der Waals surface area contributed by atoms with E-state index in [2.05, 4.69) is 20.4 Å². The van der Waals surface area contributed by atoms with Crippen LogP contribution in [0.4, 0.5) is 0 Å². The van der Waals surface area contributed by atoms with Crippen molar-refractivity contribution in [3.8, 4) is 0 Å². The summed E-state index contributed by atoms with van der Waals surface area (Å²) >= 11 is 0. The highest BCUT2D eigenvalue weighted by molar-refractivity contribution is 5.79. The Morgan fingerprint density at radius 3 is 2.43 bits per heavy atom. The molecule has 3 N–H and O–H groups in total. The van der Waals surface area contributed by atoms with Crippen molar-refractivity contribution in [3.05, 3.63) is 12.2 Å². The van der Waals surface area contributed by atoms with E-state index in [9.17, 15) is 20.1 Å². The van der Waals surface area contributed by atoms with Crippen LogP contribution in [0, 0.1) is 29.6 Å². The normalized spacial score (nSPS) is 54.4. The smallest absolute Gasteiger partial charge is 0.135 e. The second-order valence-corrected chi connectivity index (χ2v) is 18.4. The highest BCUT2D eigenvalue weighted by atomic mass is 16.6. The van der Waals surface area contributed by atoms with E-state index in [0.29, 0.717) is 50.0 Å². The van der Waals surface area contributed by atoms with Gasteiger partial charge in [0.15, 0.2) is 0 Å². The van der Waals surface area contributed by atoms with Crippen molar-refractivity contribution < 1.29 is 58.0 Å². The minimum Gasteiger partial charge on any atom is -0.394 e. The molecular formula is C41H62O12. The molecule has 12 bridgehead atoms. The van der Waals surface area contributed by atoms with Gasteiger partial charge in [0, 0.05) is 51.6 Å². The van der Waals surface area contributed by atoms with E-state index in [1.807, 2.05) is 0 Å². The van der Waals surface area contributed by atoms with Gasteiger partial charge in [-0.25, -0.2) is 0 Å². The Morgan fingerprint density at radius 1 is 0.849 bits per heavy atom. The molecule has 10 rings (SSSR count). The van der Waals surface area contributed by atoms with E-state index in [1.165, 1.54) is 0 Å². The van der Waals surface area contributed by atoms with Gasteiger partial charge in [-0.1, -0.05) is 20.4 Å². The summed E-state index contributed by atoms with van der Waals surface area (Å²) in [5.74, 6) is 1.38. The van der Waals surface area contributed by atoms with Crippen LogP contribution in [0.15, 0.2) is 12.2 Å². The van der Waals surface area contributed by atoms with Gasteiger partial charge in [0.2, 0.25) is 0 Å². The number of carbonyl (C=O) groups is 1. The third kappa shape index (κ3) is 7.02. The Labute approximate surface area is 313 Å². The molecule has 0 amide bonds. The van der Waals surface area contributed by atoms with Crippen molar-refractivity contribution >= 4 is 5.78 Å². The number of Topliss-reactive ketones (excluding diaryl/α,β-unsaturated/α-hetero) is 1. The van der Waals surface area contributed by atoms with Crippen molar-refractivity contribution in [1.82, 2.24) is 0 Å². The second kappa shape index (κ2) is 14.7. The molecule has 12 nitrogen and oxygen atoms in total. The maximum absolute atomic E-state index is 14.0. The first kappa shape index (κ1) is 37.5. The average molecular weight is 747 g/mol. The number of methoxy groups -OCH3 is 1. The molecule has 0 aromatic heterocycles. The Balaban J connectivity index is 0.985. The summed E-state index contributed by atoms with van der Waals surface area (Å²) in [6.07, 6.45) is 3.17. The molecule has 0 radical (unpaired) electrons. The molecule has 53 heavy (non-hydrogen) atoms. The zero-order valence-corrected chi connectivity index (χ0v) is 31.7.